The summed E-state index contributed by atoms with van der Waals surface area (Å²) in [6.45, 7) is 1.46. The number of amides is 2. The zero-order chi connectivity index (χ0) is 14.4. The van der Waals surface area contributed by atoms with E-state index in [9.17, 15) is 9.59 Å². The Labute approximate surface area is 123 Å². The zero-order valence-corrected chi connectivity index (χ0v) is 12.5. The van der Waals surface area contributed by atoms with Crippen LogP contribution in [-0.4, -0.2) is 23.3 Å². The molecule has 0 radical (unpaired) electrons. The molecule has 5 heteroatoms. The van der Waals surface area contributed by atoms with Gasteiger partial charge in [0, 0.05) is 24.7 Å². The lowest BCUT2D eigenvalue weighted by atomic mass is 9.98. The summed E-state index contributed by atoms with van der Waals surface area (Å²) in [5.41, 5.74) is 1.43. The number of carbonyl (C=O) groups excluding carboxylic acids is 2. The van der Waals surface area contributed by atoms with Crippen LogP contribution >= 0.6 is 11.8 Å². The second kappa shape index (κ2) is 7.33. The average Bonchev–Trinajstić information content (AvgIpc) is 2.39. The van der Waals surface area contributed by atoms with E-state index in [0.717, 1.165) is 30.0 Å². The Morgan fingerprint density at radius 1 is 1.20 bits per heavy atom. The van der Waals surface area contributed by atoms with Gasteiger partial charge in [-0.05, 0) is 48.5 Å². The maximum Gasteiger partial charge on any atom is 0.224 e. The van der Waals surface area contributed by atoms with Gasteiger partial charge in [-0.2, -0.15) is 11.8 Å². The van der Waals surface area contributed by atoms with Crippen LogP contribution in [0.3, 0.4) is 0 Å². The third kappa shape index (κ3) is 4.89. The van der Waals surface area contributed by atoms with Gasteiger partial charge in [0.2, 0.25) is 11.8 Å². The van der Waals surface area contributed by atoms with Gasteiger partial charge in [-0.15, -0.1) is 0 Å². The molecule has 2 rings (SSSR count). The van der Waals surface area contributed by atoms with Gasteiger partial charge in [0.15, 0.2) is 0 Å². The van der Waals surface area contributed by atoms with Crippen LogP contribution in [0.1, 0.15) is 26.2 Å². The molecule has 108 valence electrons. The van der Waals surface area contributed by atoms with Gasteiger partial charge in [0.1, 0.15) is 0 Å². The molecular weight excluding hydrogens is 272 g/mol. The number of hydrogen-bond donors (Lipinski definition) is 2. The van der Waals surface area contributed by atoms with Crippen LogP contribution in [-0.2, 0) is 9.59 Å². The maximum atomic E-state index is 12.0. The summed E-state index contributed by atoms with van der Waals surface area (Å²) in [5.74, 6) is 2.77. The molecule has 2 N–H and O–H groups in total. The molecule has 1 aromatic rings. The summed E-state index contributed by atoms with van der Waals surface area (Å²) < 4.78 is 0. The summed E-state index contributed by atoms with van der Waals surface area (Å²) in [4.78, 5) is 23.0. The Kier molecular flexibility index (Phi) is 5.47. The van der Waals surface area contributed by atoms with Crippen molar-refractivity contribution in [1.82, 2.24) is 0 Å². The van der Waals surface area contributed by atoms with E-state index < -0.39 is 0 Å². The largest absolute Gasteiger partial charge is 0.326 e. The first-order chi connectivity index (χ1) is 9.63. The molecule has 1 aliphatic rings. The van der Waals surface area contributed by atoms with Gasteiger partial charge in [0.05, 0.1) is 0 Å². The molecule has 20 heavy (non-hydrogen) atoms. The second-order valence-electron chi connectivity index (χ2n) is 5.07. The number of rotatable bonds is 4. The summed E-state index contributed by atoms with van der Waals surface area (Å²) in [6.07, 6.45) is 2.85. The van der Waals surface area contributed by atoms with Crippen molar-refractivity contribution in [3.63, 3.8) is 0 Å². The Bertz CT molecular complexity index is 485. The molecule has 0 saturated carbocycles. The maximum absolute atomic E-state index is 12.0. The van der Waals surface area contributed by atoms with E-state index in [1.807, 2.05) is 23.9 Å². The first kappa shape index (κ1) is 14.9. The van der Waals surface area contributed by atoms with Crippen molar-refractivity contribution in [2.45, 2.75) is 26.2 Å². The molecule has 0 unspecified atom stereocenters. The molecule has 0 aliphatic carbocycles. The predicted molar refractivity (Wildman–Crippen MR) is 84.0 cm³/mol. The Balaban J connectivity index is 1.88. The molecule has 4 nitrogen and oxygen atoms in total. The molecule has 1 saturated heterocycles. The number of hydrogen-bond acceptors (Lipinski definition) is 3. The first-order valence-corrected chi connectivity index (χ1v) is 8.04. The lowest BCUT2D eigenvalue weighted by Crippen LogP contribution is -2.19. The van der Waals surface area contributed by atoms with E-state index >= 15 is 0 Å². The highest BCUT2D eigenvalue weighted by molar-refractivity contribution is 7.99. The zero-order valence-electron chi connectivity index (χ0n) is 11.6. The Hall–Kier alpha value is -1.49. The summed E-state index contributed by atoms with van der Waals surface area (Å²) in [7, 11) is 0. The van der Waals surface area contributed by atoms with Gasteiger partial charge in [-0.25, -0.2) is 0 Å². The van der Waals surface area contributed by atoms with Crippen molar-refractivity contribution >= 4 is 35.0 Å². The molecule has 0 atom stereocenters. The van der Waals surface area contributed by atoms with E-state index in [2.05, 4.69) is 10.6 Å². The molecule has 0 bridgehead atoms. The van der Waals surface area contributed by atoms with Crippen molar-refractivity contribution in [3.8, 4) is 0 Å². The number of nitrogens with one attached hydrogen (secondary N) is 2. The molecule has 0 spiro atoms. The van der Waals surface area contributed by atoms with E-state index in [-0.39, 0.29) is 11.8 Å². The number of thioether (sulfide) groups is 1. The fourth-order valence-corrected chi connectivity index (χ4v) is 3.51. The molecule has 1 aliphatic heterocycles. The van der Waals surface area contributed by atoms with Crippen molar-refractivity contribution in [3.05, 3.63) is 24.3 Å². The van der Waals surface area contributed by atoms with E-state index in [1.54, 1.807) is 12.1 Å². The lowest BCUT2D eigenvalue weighted by molar-refractivity contribution is -0.117. The van der Waals surface area contributed by atoms with Gasteiger partial charge in [0.25, 0.3) is 0 Å². The topological polar surface area (TPSA) is 58.2 Å². The minimum atomic E-state index is -0.117. The van der Waals surface area contributed by atoms with Crippen LogP contribution in [0, 0.1) is 5.92 Å². The standard InChI is InChI=1S/C15H20N2O2S/c1-11(18)16-13-3-2-4-14(10-13)17-15(19)9-12-5-7-20-8-6-12/h2-4,10,12H,5-9H2,1H3,(H,16,18)(H,17,19). The molecule has 1 fully saturated rings. The SMILES string of the molecule is CC(=O)Nc1cccc(NC(=O)CC2CCSCC2)c1. The van der Waals surface area contributed by atoms with Crippen LogP contribution in [0.25, 0.3) is 0 Å². The number of anilines is 2. The Morgan fingerprint density at radius 2 is 1.85 bits per heavy atom. The fraction of sp³-hybridized carbons (Fsp3) is 0.467. The molecule has 2 amide bonds. The highest BCUT2D eigenvalue weighted by atomic mass is 32.2. The minimum Gasteiger partial charge on any atom is -0.326 e. The van der Waals surface area contributed by atoms with Crippen molar-refractivity contribution in [2.24, 2.45) is 5.92 Å². The quantitative estimate of drug-likeness (QED) is 0.896. The molecule has 1 aromatic carbocycles. The Morgan fingerprint density at radius 3 is 2.50 bits per heavy atom. The third-order valence-electron chi connectivity index (χ3n) is 3.28. The average molecular weight is 292 g/mol. The van der Waals surface area contributed by atoms with Crippen molar-refractivity contribution < 1.29 is 9.59 Å². The van der Waals surface area contributed by atoms with E-state index in [0.29, 0.717) is 18.0 Å². The first-order valence-electron chi connectivity index (χ1n) is 6.89. The van der Waals surface area contributed by atoms with Crippen LogP contribution in [0.4, 0.5) is 11.4 Å². The van der Waals surface area contributed by atoms with Crippen LogP contribution in [0.15, 0.2) is 24.3 Å². The van der Waals surface area contributed by atoms with E-state index in [1.165, 1.54) is 6.92 Å². The monoisotopic (exact) mass is 292 g/mol. The normalized spacial score (nSPS) is 15.7. The van der Waals surface area contributed by atoms with Gasteiger partial charge in [-0.1, -0.05) is 6.07 Å². The molecule has 1 heterocycles. The van der Waals surface area contributed by atoms with Crippen LogP contribution in [0.5, 0.6) is 0 Å². The van der Waals surface area contributed by atoms with Gasteiger partial charge >= 0.3 is 0 Å². The fourth-order valence-electron chi connectivity index (χ4n) is 2.30. The number of carbonyl (C=O) groups is 2. The third-order valence-corrected chi connectivity index (χ3v) is 4.33. The molecular formula is C15H20N2O2S. The second-order valence-corrected chi connectivity index (χ2v) is 6.29. The van der Waals surface area contributed by atoms with Crippen LogP contribution < -0.4 is 10.6 Å². The summed E-state index contributed by atoms with van der Waals surface area (Å²) in [5, 5.41) is 5.61. The predicted octanol–water partition coefficient (Wildman–Crippen LogP) is 3.12. The van der Waals surface area contributed by atoms with Gasteiger partial charge in [-0.3, -0.25) is 9.59 Å². The highest BCUT2D eigenvalue weighted by Gasteiger charge is 2.17. The minimum absolute atomic E-state index is 0.0573. The van der Waals surface area contributed by atoms with Crippen molar-refractivity contribution in [1.29, 1.82) is 0 Å². The number of benzene rings is 1. The lowest BCUT2D eigenvalue weighted by Gasteiger charge is -2.20. The van der Waals surface area contributed by atoms with Crippen LogP contribution in [0.2, 0.25) is 0 Å². The molecule has 0 aromatic heterocycles. The van der Waals surface area contributed by atoms with Gasteiger partial charge < -0.3 is 10.6 Å². The summed E-state index contributed by atoms with van der Waals surface area (Å²) in [6, 6.07) is 7.23. The van der Waals surface area contributed by atoms with E-state index in [4.69, 9.17) is 0 Å². The van der Waals surface area contributed by atoms with Crippen molar-refractivity contribution in [2.75, 3.05) is 22.1 Å². The smallest absolute Gasteiger partial charge is 0.224 e. The summed E-state index contributed by atoms with van der Waals surface area (Å²) >= 11 is 1.97. The highest BCUT2D eigenvalue weighted by Crippen LogP contribution is 2.25.